The first-order valence-corrected chi connectivity index (χ1v) is 10.5. The smallest absolute Gasteiger partial charge is 0.224 e. The van der Waals surface area contributed by atoms with Crippen molar-refractivity contribution in [1.82, 2.24) is 5.32 Å². The van der Waals surface area contributed by atoms with Gasteiger partial charge in [-0.2, -0.15) is 0 Å². The fraction of sp³-hybridized carbons (Fsp3) is 0.269. The van der Waals surface area contributed by atoms with Gasteiger partial charge in [-0.1, -0.05) is 36.4 Å². The molecule has 0 atom stereocenters. The first-order chi connectivity index (χ1) is 16.1. The van der Waals surface area contributed by atoms with Crippen molar-refractivity contribution >= 4 is 5.91 Å². The van der Waals surface area contributed by atoms with Crippen LogP contribution in [0, 0.1) is 0 Å². The molecule has 0 unspecified atom stereocenters. The van der Waals surface area contributed by atoms with E-state index in [2.05, 4.69) is 5.32 Å². The van der Waals surface area contributed by atoms with Gasteiger partial charge in [0.15, 0.2) is 23.0 Å². The lowest BCUT2D eigenvalue weighted by atomic mass is 10.1. The Morgan fingerprint density at radius 3 is 1.94 bits per heavy atom. The molecule has 0 aliphatic rings. The van der Waals surface area contributed by atoms with Crippen LogP contribution in [0.15, 0.2) is 60.7 Å². The predicted molar refractivity (Wildman–Crippen MR) is 125 cm³/mol. The van der Waals surface area contributed by atoms with Crippen molar-refractivity contribution in [2.75, 3.05) is 28.4 Å². The van der Waals surface area contributed by atoms with E-state index < -0.39 is 0 Å². The van der Waals surface area contributed by atoms with Gasteiger partial charge in [-0.3, -0.25) is 4.79 Å². The molecule has 0 radical (unpaired) electrons. The molecule has 1 amide bonds. The molecule has 33 heavy (non-hydrogen) atoms. The Morgan fingerprint density at radius 1 is 0.697 bits per heavy atom. The molecule has 0 aromatic heterocycles. The van der Waals surface area contributed by atoms with Gasteiger partial charge in [-0.05, 0) is 41.0 Å². The molecule has 0 fully saturated rings. The monoisotopic (exact) mass is 451 g/mol. The van der Waals surface area contributed by atoms with Crippen LogP contribution in [-0.2, 0) is 24.4 Å². The molecule has 7 nitrogen and oxygen atoms in total. The number of hydrogen-bond acceptors (Lipinski definition) is 6. The highest BCUT2D eigenvalue weighted by molar-refractivity contribution is 5.79. The zero-order valence-corrected chi connectivity index (χ0v) is 19.3. The number of hydrogen-bond donors (Lipinski definition) is 1. The fourth-order valence-electron chi connectivity index (χ4n) is 3.36. The molecule has 0 saturated carbocycles. The van der Waals surface area contributed by atoms with Crippen LogP contribution in [0.25, 0.3) is 0 Å². The van der Waals surface area contributed by atoms with Crippen molar-refractivity contribution in [3.8, 4) is 28.7 Å². The summed E-state index contributed by atoms with van der Waals surface area (Å²) in [7, 11) is 6.22. The molecular weight excluding hydrogens is 422 g/mol. The molecule has 174 valence electrons. The van der Waals surface area contributed by atoms with Crippen LogP contribution in [0.3, 0.4) is 0 Å². The van der Waals surface area contributed by atoms with Gasteiger partial charge in [0.05, 0.1) is 34.9 Å². The lowest BCUT2D eigenvalue weighted by Crippen LogP contribution is -2.24. The van der Waals surface area contributed by atoms with Gasteiger partial charge in [0.1, 0.15) is 6.61 Å². The van der Waals surface area contributed by atoms with E-state index in [0.717, 1.165) is 16.7 Å². The van der Waals surface area contributed by atoms with Crippen LogP contribution < -0.4 is 29.0 Å². The van der Waals surface area contributed by atoms with Crippen molar-refractivity contribution in [1.29, 1.82) is 0 Å². The molecule has 0 aliphatic heterocycles. The normalized spacial score (nSPS) is 10.3. The molecular formula is C26H29NO6. The maximum absolute atomic E-state index is 12.5. The minimum Gasteiger partial charge on any atom is -0.493 e. The molecule has 0 saturated heterocycles. The third-order valence-corrected chi connectivity index (χ3v) is 5.04. The summed E-state index contributed by atoms with van der Waals surface area (Å²) in [4.78, 5) is 12.5. The average molecular weight is 452 g/mol. The van der Waals surface area contributed by atoms with Crippen molar-refractivity contribution in [2.24, 2.45) is 0 Å². The third kappa shape index (κ3) is 6.32. The van der Waals surface area contributed by atoms with E-state index in [1.807, 2.05) is 48.5 Å². The lowest BCUT2D eigenvalue weighted by Gasteiger charge is -2.14. The van der Waals surface area contributed by atoms with Gasteiger partial charge in [0.25, 0.3) is 0 Å². The van der Waals surface area contributed by atoms with Gasteiger partial charge in [-0.25, -0.2) is 0 Å². The number of methoxy groups -OCH3 is 4. The lowest BCUT2D eigenvalue weighted by molar-refractivity contribution is -0.120. The van der Waals surface area contributed by atoms with E-state index in [-0.39, 0.29) is 12.3 Å². The minimum atomic E-state index is -0.132. The molecule has 1 N–H and O–H groups in total. The standard InChI is InChI=1S/C26H29NO6/c1-29-22-12-19(10-11-21(22)33-17-18-8-6-5-7-9-18)16-27-25(28)15-20-13-23(30-2)26(32-4)24(14-20)31-3/h5-14H,15-17H2,1-4H3,(H,27,28). The first kappa shape index (κ1) is 23.8. The van der Waals surface area contributed by atoms with Crippen LogP contribution in [-0.4, -0.2) is 34.3 Å². The fourth-order valence-corrected chi connectivity index (χ4v) is 3.36. The Morgan fingerprint density at radius 2 is 1.33 bits per heavy atom. The SMILES string of the molecule is COc1cc(CNC(=O)Cc2cc(OC)c(OC)c(OC)c2)ccc1OCc1ccccc1. The Kier molecular flexibility index (Phi) is 8.41. The van der Waals surface area contributed by atoms with E-state index in [1.165, 1.54) is 0 Å². The van der Waals surface area contributed by atoms with Gasteiger partial charge in [0, 0.05) is 6.54 Å². The van der Waals surface area contributed by atoms with E-state index in [4.69, 9.17) is 23.7 Å². The summed E-state index contributed by atoms with van der Waals surface area (Å²) in [6, 6.07) is 19.1. The summed E-state index contributed by atoms with van der Waals surface area (Å²) in [5.74, 6) is 2.64. The zero-order valence-electron chi connectivity index (χ0n) is 19.3. The number of ether oxygens (including phenoxy) is 5. The van der Waals surface area contributed by atoms with Crippen LogP contribution in [0.4, 0.5) is 0 Å². The Balaban J connectivity index is 1.61. The van der Waals surface area contributed by atoms with Gasteiger partial charge >= 0.3 is 0 Å². The highest BCUT2D eigenvalue weighted by Gasteiger charge is 2.15. The number of carbonyl (C=O) groups is 1. The van der Waals surface area contributed by atoms with Crippen molar-refractivity contribution in [2.45, 2.75) is 19.6 Å². The minimum absolute atomic E-state index is 0.132. The molecule has 0 spiro atoms. The predicted octanol–water partition coefficient (Wildman–Crippen LogP) is 4.16. The zero-order chi connectivity index (χ0) is 23.6. The maximum Gasteiger partial charge on any atom is 0.224 e. The number of amides is 1. The van der Waals surface area contributed by atoms with Crippen molar-refractivity contribution < 1.29 is 28.5 Å². The van der Waals surface area contributed by atoms with E-state index in [9.17, 15) is 4.79 Å². The van der Waals surface area contributed by atoms with Crippen molar-refractivity contribution in [3.05, 3.63) is 77.4 Å². The topological polar surface area (TPSA) is 75.3 Å². The van der Waals surface area contributed by atoms with Crippen molar-refractivity contribution in [3.63, 3.8) is 0 Å². The maximum atomic E-state index is 12.5. The summed E-state index contributed by atoms with van der Waals surface area (Å²) in [6.45, 7) is 0.806. The summed E-state index contributed by atoms with van der Waals surface area (Å²) in [5, 5.41) is 2.93. The number of benzene rings is 3. The van der Waals surface area contributed by atoms with Crippen LogP contribution in [0.5, 0.6) is 28.7 Å². The van der Waals surface area contributed by atoms with E-state index in [0.29, 0.717) is 41.9 Å². The van der Waals surface area contributed by atoms with Crippen LogP contribution >= 0.6 is 0 Å². The van der Waals surface area contributed by atoms with Gasteiger partial charge in [0.2, 0.25) is 11.7 Å². The number of carbonyl (C=O) groups excluding carboxylic acids is 1. The molecule has 3 aromatic rings. The Hall–Kier alpha value is -3.87. The second-order valence-corrected chi connectivity index (χ2v) is 7.25. The molecule has 3 rings (SSSR count). The number of nitrogens with one attached hydrogen (secondary N) is 1. The van der Waals surface area contributed by atoms with Gasteiger partial charge in [-0.15, -0.1) is 0 Å². The first-order valence-electron chi connectivity index (χ1n) is 10.5. The molecule has 7 heteroatoms. The van der Waals surface area contributed by atoms with Crippen LogP contribution in [0.2, 0.25) is 0 Å². The molecule has 0 bridgehead atoms. The Labute approximate surface area is 194 Å². The molecule has 0 heterocycles. The summed E-state index contributed by atoms with van der Waals surface area (Å²) < 4.78 is 27.4. The number of rotatable bonds is 11. The second kappa shape index (κ2) is 11.7. The third-order valence-electron chi connectivity index (χ3n) is 5.04. The quantitative estimate of drug-likeness (QED) is 0.472. The Bertz CT molecular complexity index is 1040. The van der Waals surface area contributed by atoms with E-state index in [1.54, 1.807) is 40.6 Å². The summed E-state index contributed by atoms with van der Waals surface area (Å²) in [6.07, 6.45) is 0.173. The molecule has 3 aromatic carbocycles. The summed E-state index contributed by atoms with van der Waals surface area (Å²) >= 11 is 0. The average Bonchev–Trinajstić information content (AvgIpc) is 2.86. The molecule has 0 aliphatic carbocycles. The summed E-state index contributed by atoms with van der Waals surface area (Å²) in [5.41, 5.74) is 2.73. The highest BCUT2D eigenvalue weighted by Crippen LogP contribution is 2.38. The highest BCUT2D eigenvalue weighted by atomic mass is 16.5. The van der Waals surface area contributed by atoms with Gasteiger partial charge < -0.3 is 29.0 Å². The van der Waals surface area contributed by atoms with Crippen LogP contribution in [0.1, 0.15) is 16.7 Å². The largest absolute Gasteiger partial charge is 0.493 e. The van der Waals surface area contributed by atoms with E-state index >= 15 is 0 Å². The second-order valence-electron chi connectivity index (χ2n) is 7.25.